The summed E-state index contributed by atoms with van der Waals surface area (Å²) in [6.07, 6.45) is 0. The van der Waals surface area contributed by atoms with Gasteiger partial charge in [0.05, 0.1) is 0 Å². The fourth-order valence-corrected chi connectivity index (χ4v) is 0. The van der Waals surface area contributed by atoms with Crippen molar-refractivity contribution in [2.75, 3.05) is 0 Å². The molecule has 0 heterocycles. The van der Waals surface area contributed by atoms with Gasteiger partial charge in [-0.3, -0.25) is 0 Å². The van der Waals surface area contributed by atoms with E-state index < -0.39 is 3.75 Å². The highest BCUT2D eigenvalue weighted by Gasteiger charge is 1.78. The summed E-state index contributed by atoms with van der Waals surface area (Å²) in [4.78, 5) is 0. The molecular weight excluding hydrogens is 163 g/mol. The van der Waals surface area contributed by atoms with Gasteiger partial charge >= 0.3 is 0 Å². The molecule has 0 aromatic heterocycles. The lowest BCUT2D eigenvalue weighted by Crippen LogP contribution is -1.53. The molecule has 4 heavy (non-hydrogen) atoms. The van der Waals surface area contributed by atoms with E-state index in [1.807, 2.05) is 0 Å². The maximum absolute atomic E-state index is 4.96. The van der Waals surface area contributed by atoms with E-state index in [2.05, 4.69) is 15.9 Å². The molecule has 0 saturated heterocycles. The molecule has 0 unspecified atom stereocenters. The van der Waals surface area contributed by atoms with E-state index >= 15 is 0 Å². The minimum atomic E-state index is -0.410. The standard InChI is InChI=1S/CHBrCl2/c2-1(3)4/h1H. The third-order valence-corrected chi connectivity index (χ3v) is 0. The zero-order valence-electron chi connectivity index (χ0n) is 1.71. The average Bonchev–Trinajstić information content (AvgIpc) is 0.811. The van der Waals surface area contributed by atoms with Gasteiger partial charge in [0.25, 0.3) is 0 Å². The van der Waals surface area contributed by atoms with Crippen LogP contribution < -0.4 is 0 Å². The predicted octanol–water partition coefficient (Wildman–Crippen LogP) is 2.14. The Morgan fingerprint density at radius 3 is 1.50 bits per heavy atom. The molecule has 3 heteroatoms. The molecule has 0 nitrogen and oxygen atoms in total. The highest BCUT2D eigenvalue weighted by molar-refractivity contribution is 9.10. The second-order valence-corrected chi connectivity index (χ2v) is 3.31. The minimum Gasteiger partial charge on any atom is -0.0926 e. The smallest absolute Gasteiger partial charge is 0.0926 e. The van der Waals surface area contributed by atoms with Crippen LogP contribution in [0.1, 0.15) is 0 Å². The van der Waals surface area contributed by atoms with Crippen molar-refractivity contribution in [3.05, 3.63) is 0 Å². The maximum Gasteiger partial charge on any atom is 0.162 e. The first-order chi connectivity index (χ1) is 1.73. The second kappa shape index (κ2) is 2.31. The summed E-state index contributed by atoms with van der Waals surface area (Å²) in [6, 6.07) is 0. The molecule has 0 atom stereocenters. The summed E-state index contributed by atoms with van der Waals surface area (Å²) >= 11 is 12.7. The van der Waals surface area contributed by atoms with Crippen molar-refractivity contribution in [1.29, 1.82) is 0 Å². The second-order valence-electron chi connectivity index (χ2n) is 0.247. The Hall–Kier alpha value is 1.06. The lowest BCUT2D eigenvalue weighted by atomic mass is 11.9. The molecule has 0 bridgehead atoms. The Bertz CT molecular complexity index is 10.8. The van der Waals surface area contributed by atoms with E-state index in [1.54, 1.807) is 0 Å². The summed E-state index contributed by atoms with van der Waals surface area (Å²) in [5, 5.41) is 0. The van der Waals surface area contributed by atoms with Crippen LogP contribution in [0.4, 0.5) is 0 Å². The predicted molar refractivity (Wildman–Crippen MR) is 24.4 cm³/mol. The topological polar surface area (TPSA) is 0 Å². The highest BCUT2D eigenvalue weighted by atomic mass is 79.9. The van der Waals surface area contributed by atoms with E-state index in [0.29, 0.717) is 0 Å². The Morgan fingerprint density at radius 1 is 1.50 bits per heavy atom. The van der Waals surface area contributed by atoms with Crippen molar-refractivity contribution in [2.45, 2.75) is 3.75 Å². The van der Waals surface area contributed by atoms with Crippen molar-refractivity contribution in [2.24, 2.45) is 0 Å². The number of hydrogen-bond donors (Lipinski definition) is 0. The zero-order valence-corrected chi connectivity index (χ0v) is 4.81. The van der Waals surface area contributed by atoms with Crippen LogP contribution in [0.3, 0.4) is 0 Å². The molecule has 0 aromatic carbocycles. The van der Waals surface area contributed by atoms with Crippen molar-refractivity contribution in [3.8, 4) is 0 Å². The third-order valence-electron chi connectivity index (χ3n) is 0. The van der Waals surface area contributed by atoms with Gasteiger partial charge in [-0.25, -0.2) is 0 Å². The average molecular weight is 164 g/mol. The van der Waals surface area contributed by atoms with Crippen LogP contribution >= 0.6 is 39.1 Å². The van der Waals surface area contributed by atoms with Crippen LogP contribution in [-0.2, 0) is 0 Å². The van der Waals surface area contributed by atoms with Crippen LogP contribution in [0.2, 0.25) is 0 Å². The first-order valence-electron chi connectivity index (χ1n) is 0.655. The van der Waals surface area contributed by atoms with Gasteiger partial charge in [0.2, 0.25) is 0 Å². The molecule has 0 amide bonds. The molecule has 0 N–H and O–H groups in total. The van der Waals surface area contributed by atoms with Crippen molar-refractivity contribution >= 4 is 39.1 Å². The molecule has 0 aromatic rings. The van der Waals surface area contributed by atoms with Gasteiger partial charge in [-0.15, -0.1) is 0 Å². The van der Waals surface area contributed by atoms with Gasteiger partial charge < -0.3 is 0 Å². The molecule has 0 fully saturated rings. The van der Waals surface area contributed by atoms with Gasteiger partial charge in [-0.2, -0.15) is 0 Å². The highest BCUT2D eigenvalue weighted by Crippen LogP contribution is 2.07. The van der Waals surface area contributed by atoms with E-state index in [1.165, 1.54) is 0 Å². The van der Waals surface area contributed by atoms with Gasteiger partial charge in [0, 0.05) is 0 Å². The lowest BCUT2D eigenvalue weighted by molar-refractivity contribution is 2.06. The molecule has 0 rings (SSSR count). The summed E-state index contributed by atoms with van der Waals surface area (Å²) < 4.78 is -0.410. The Labute approximate surface area is 43.2 Å². The maximum atomic E-state index is 4.96. The Morgan fingerprint density at radius 2 is 1.50 bits per heavy atom. The Kier molecular flexibility index (Phi) is 2.92. The van der Waals surface area contributed by atoms with Gasteiger partial charge in [0.15, 0.2) is 3.75 Å². The van der Waals surface area contributed by atoms with Crippen molar-refractivity contribution in [1.82, 2.24) is 0 Å². The minimum absolute atomic E-state index is 0.410. The number of hydrogen-bond acceptors (Lipinski definition) is 0. The monoisotopic (exact) mass is 162 g/mol. The SMILES string of the molecule is ClC(Cl)Br. The van der Waals surface area contributed by atoms with E-state index in [9.17, 15) is 0 Å². The van der Waals surface area contributed by atoms with Gasteiger partial charge in [-0.1, -0.05) is 39.1 Å². The summed E-state index contributed by atoms with van der Waals surface area (Å²) in [7, 11) is 0. The molecule has 0 aliphatic carbocycles. The lowest BCUT2D eigenvalue weighted by Gasteiger charge is -1.69. The van der Waals surface area contributed by atoms with Gasteiger partial charge in [-0.05, 0) is 0 Å². The van der Waals surface area contributed by atoms with Crippen LogP contribution in [0, 0.1) is 0 Å². The first-order valence-corrected chi connectivity index (χ1v) is 2.44. The molecule has 0 aliphatic heterocycles. The fourth-order valence-electron chi connectivity index (χ4n) is 0. The van der Waals surface area contributed by atoms with Crippen LogP contribution in [0.5, 0.6) is 0 Å². The molecule has 26 valence electrons. The number of rotatable bonds is 0. The zero-order chi connectivity index (χ0) is 3.58. The Balaban J connectivity index is 2.32. The third kappa shape index (κ3) is 11.6. The summed E-state index contributed by atoms with van der Waals surface area (Å²) in [6.45, 7) is 0. The van der Waals surface area contributed by atoms with E-state index in [0.717, 1.165) is 0 Å². The first kappa shape index (κ1) is 5.06. The quantitative estimate of drug-likeness (QED) is 0.481. The van der Waals surface area contributed by atoms with Crippen LogP contribution in [0.25, 0.3) is 0 Å². The van der Waals surface area contributed by atoms with Crippen LogP contribution in [0.15, 0.2) is 0 Å². The summed E-state index contributed by atoms with van der Waals surface area (Å²) in [5.74, 6) is 0. The van der Waals surface area contributed by atoms with Crippen molar-refractivity contribution < 1.29 is 0 Å². The van der Waals surface area contributed by atoms with Crippen LogP contribution in [-0.4, -0.2) is 3.75 Å². The fraction of sp³-hybridized carbons (Fsp3) is 1.00. The molecular formula is CHBrCl2. The van der Waals surface area contributed by atoms with Crippen molar-refractivity contribution in [3.63, 3.8) is 0 Å². The normalized spacial score (nSPS) is 9.00. The number of alkyl halides is 3. The largest absolute Gasteiger partial charge is 0.162 e. The van der Waals surface area contributed by atoms with Gasteiger partial charge in [0.1, 0.15) is 0 Å². The number of halogens is 3. The molecule has 0 spiro atoms. The summed E-state index contributed by atoms with van der Waals surface area (Å²) in [5.41, 5.74) is 0. The van der Waals surface area contributed by atoms with E-state index in [-0.39, 0.29) is 0 Å². The molecule has 0 radical (unpaired) electrons. The molecule has 0 aliphatic rings. The van der Waals surface area contributed by atoms with E-state index in [4.69, 9.17) is 23.2 Å². The molecule has 0 saturated carbocycles.